The number of hydrogen-bond acceptors (Lipinski definition) is 5. The van der Waals surface area contributed by atoms with E-state index in [-0.39, 0.29) is 30.5 Å². The van der Waals surface area contributed by atoms with Crippen molar-refractivity contribution in [2.45, 2.75) is 32.5 Å². The third kappa shape index (κ3) is 2.73. The minimum atomic E-state index is 0.0116. The van der Waals surface area contributed by atoms with E-state index in [1.54, 1.807) is 0 Å². The topological polar surface area (TPSA) is 86.3 Å². The van der Waals surface area contributed by atoms with Crippen molar-refractivity contribution in [2.75, 3.05) is 18.9 Å². The van der Waals surface area contributed by atoms with Gasteiger partial charge in [0.2, 0.25) is 11.9 Å². The first-order valence-corrected chi connectivity index (χ1v) is 5.62. The van der Waals surface area contributed by atoms with Crippen LogP contribution in [0.2, 0.25) is 0 Å². The number of aromatic nitrogens is 3. The third-order valence-electron chi connectivity index (χ3n) is 2.78. The van der Waals surface area contributed by atoms with Crippen molar-refractivity contribution >= 4 is 11.9 Å². The van der Waals surface area contributed by atoms with Crippen LogP contribution in [0.4, 0.5) is 5.95 Å². The molecule has 1 aromatic rings. The SMILES string of the molecule is CC1CN(C(=O)Cn2cnc(N)n2)C(C)CO1. The molecule has 1 amide bonds. The number of nitrogen functional groups attached to an aromatic ring is 1. The monoisotopic (exact) mass is 239 g/mol. The number of ether oxygens (including phenoxy) is 1. The molecule has 2 unspecified atom stereocenters. The highest BCUT2D eigenvalue weighted by Crippen LogP contribution is 2.12. The Bertz CT molecular complexity index is 405. The normalized spacial score (nSPS) is 24.9. The number of amides is 1. The molecule has 0 aromatic carbocycles. The van der Waals surface area contributed by atoms with Crippen molar-refractivity contribution in [3.05, 3.63) is 6.33 Å². The minimum Gasteiger partial charge on any atom is -0.375 e. The first kappa shape index (κ1) is 11.8. The summed E-state index contributed by atoms with van der Waals surface area (Å²) in [4.78, 5) is 17.7. The molecule has 7 heteroatoms. The van der Waals surface area contributed by atoms with Gasteiger partial charge in [0.1, 0.15) is 12.9 Å². The fraction of sp³-hybridized carbons (Fsp3) is 0.700. The molecule has 0 aliphatic carbocycles. The molecule has 0 radical (unpaired) electrons. The zero-order valence-electron chi connectivity index (χ0n) is 10.0. The quantitative estimate of drug-likeness (QED) is 0.751. The Kier molecular flexibility index (Phi) is 3.28. The van der Waals surface area contributed by atoms with Gasteiger partial charge in [-0.25, -0.2) is 9.67 Å². The van der Waals surface area contributed by atoms with Crippen LogP contribution >= 0.6 is 0 Å². The number of carbonyl (C=O) groups excluding carboxylic acids is 1. The summed E-state index contributed by atoms with van der Waals surface area (Å²) in [5, 5.41) is 3.89. The fourth-order valence-corrected chi connectivity index (χ4v) is 1.87. The predicted octanol–water partition coefficient (Wildman–Crippen LogP) is -0.504. The Labute approximate surface area is 99.5 Å². The van der Waals surface area contributed by atoms with Gasteiger partial charge in [0, 0.05) is 6.54 Å². The van der Waals surface area contributed by atoms with Gasteiger partial charge in [-0.1, -0.05) is 0 Å². The molecule has 2 atom stereocenters. The molecule has 2 rings (SSSR count). The van der Waals surface area contributed by atoms with Gasteiger partial charge in [0.15, 0.2) is 0 Å². The van der Waals surface area contributed by atoms with E-state index < -0.39 is 0 Å². The number of hydrogen-bond donors (Lipinski definition) is 1. The molecule has 94 valence electrons. The summed E-state index contributed by atoms with van der Waals surface area (Å²) in [5.41, 5.74) is 5.39. The average molecular weight is 239 g/mol. The van der Waals surface area contributed by atoms with E-state index in [1.165, 1.54) is 11.0 Å². The predicted molar refractivity (Wildman–Crippen MR) is 61.0 cm³/mol. The number of morpholine rings is 1. The van der Waals surface area contributed by atoms with Gasteiger partial charge < -0.3 is 15.4 Å². The molecule has 7 nitrogen and oxygen atoms in total. The lowest BCUT2D eigenvalue weighted by molar-refractivity contribution is -0.144. The van der Waals surface area contributed by atoms with Crippen LogP contribution in [-0.4, -0.2) is 50.9 Å². The van der Waals surface area contributed by atoms with E-state index in [4.69, 9.17) is 10.5 Å². The average Bonchev–Trinajstić information content (AvgIpc) is 2.67. The summed E-state index contributed by atoms with van der Waals surface area (Å²) in [6, 6.07) is 0.0968. The summed E-state index contributed by atoms with van der Waals surface area (Å²) in [7, 11) is 0. The first-order chi connectivity index (χ1) is 8.06. The highest BCUT2D eigenvalue weighted by molar-refractivity contribution is 5.76. The molecule has 1 aliphatic heterocycles. The van der Waals surface area contributed by atoms with E-state index in [2.05, 4.69) is 10.1 Å². The maximum Gasteiger partial charge on any atom is 0.244 e. The summed E-state index contributed by atoms with van der Waals surface area (Å²) < 4.78 is 6.93. The second kappa shape index (κ2) is 4.70. The highest BCUT2D eigenvalue weighted by Gasteiger charge is 2.27. The maximum absolute atomic E-state index is 12.1. The molecule has 17 heavy (non-hydrogen) atoms. The van der Waals surface area contributed by atoms with Crippen LogP contribution in [0.15, 0.2) is 6.33 Å². The van der Waals surface area contributed by atoms with Crippen LogP contribution in [0.3, 0.4) is 0 Å². The van der Waals surface area contributed by atoms with Crippen molar-refractivity contribution in [2.24, 2.45) is 0 Å². The third-order valence-corrected chi connectivity index (χ3v) is 2.78. The van der Waals surface area contributed by atoms with Gasteiger partial charge in [-0.2, -0.15) is 0 Å². The molecule has 2 N–H and O–H groups in total. The molecule has 0 saturated carbocycles. The lowest BCUT2D eigenvalue weighted by Crippen LogP contribution is -2.51. The zero-order valence-corrected chi connectivity index (χ0v) is 10.0. The number of anilines is 1. The Balaban J connectivity index is 1.99. The van der Waals surface area contributed by atoms with Gasteiger partial charge >= 0.3 is 0 Å². The van der Waals surface area contributed by atoms with Crippen molar-refractivity contribution < 1.29 is 9.53 Å². The highest BCUT2D eigenvalue weighted by atomic mass is 16.5. The maximum atomic E-state index is 12.1. The standard InChI is InChI=1S/C10H17N5O2/c1-7-5-17-8(2)3-15(7)9(16)4-14-6-12-10(11)13-14/h6-8H,3-5H2,1-2H3,(H2,11,13). The second-order valence-corrected chi connectivity index (χ2v) is 4.34. The van der Waals surface area contributed by atoms with E-state index in [0.29, 0.717) is 13.2 Å². The Morgan fingerprint density at radius 2 is 2.41 bits per heavy atom. The molecular weight excluding hydrogens is 222 g/mol. The summed E-state index contributed by atoms with van der Waals surface area (Å²) in [6.45, 7) is 5.29. The Hall–Kier alpha value is -1.63. The smallest absolute Gasteiger partial charge is 0.244 e. The number of nitrogens with two attached hydrogens (primary N) is 1. The molecule has 1 aromatic heterocycles. The number of nitrogens with zero attached hydrogens (tertiary/aromatic N) is 4. The van der Waals surface area contributed by atoms with Gasteiger partial charge in [-0.15, -0.1) is 5.10 Å². The van der Waals surface area contributed by atoms with E-state index in [0.717, 1.165) is 0 Å². The lowest BCUT2D eigenvalue weighted by Gasteiger charge is -2.36. The van der Waals surface area contributed by atoms with Crippen molar-refractivity contribution in [1.82, 2.24) is 19.7 Å². The molecule has 1 aliphatic rings. The van der Waals surface area contributed by atoms with Crippen LogP contribution in [0.25, 0.3) is 0 Å². The molecule has 1 saturated heterocycles. The van der Waals surface area contributed by atoms with Crippen molar-refractivity contribution in [3.63, 3.8) is 0 Å². The lowest BCUT2D eigenvalue weighted by atomic mass is 10.2. The van der Waals surface area contributed by atoms with Crippen LogP contribution in [0.1, 0.15) is 13.8 Å². The van der Waals surface area contributed by atoms with Crippen molar-refractivity contribution in [3.8, 4) is 0 Å². The Morgan fingerprint density at radius 1 is 1.65 bits per heavy atom. The number of carbonyl (C=O) groups is 1. The van der Waals surface area contributed by atoms with E-state index in [9.17, 15) is 4.79 Å². The molecular formula is C10H17N5O2. The van der Waals surface area contributed by atoms with E-state index in [1.807, 2.05) is 18.7 Å². The van der Waals surface area contributed by atoms with Crippen LogP contribution in [0.5, 0.6) is 0 Å². The van der Waals surface area contributed by atoms with Crippen LogP contribution in [-0.2, 0) is 16.1 Å². The molecule has 0 bridgehead atoms. The zero-order chi connectivity index (χ0) is 12.4. The van der Waals surface area contributed by atoms with Gasteiger partial charge in [-0.3, -0.25) is 4.79 Å². The summed E-state index contributed by atoms with van der Waals surface area (Å²) in [6.07, 6.45) is 1.54. The second-order valence-electron chi connectivity index (χ2n) is 4.34. The Morgan fingerprint density at radius 3 is 3.06 bits per heavy atom. The van der Waals surface area contributed by atoms with Gasteiger partial charge in [0.25, 0.3) is 0 Å². The summed E-state index contributed by atoms with van der Waals surface area (Å²) >= 11 is 0. The number of rotatable bonds is 2. The molecule has 2 heterocycles. The van der Waals surface area contributed by atoms with E-state index >= 15 is 0 Å². The fourth-order valence-electron chi connectivity index (χ4n) is 1.87. The van der Waals surface area contributed by atoms with Crippen molar-refractivity contribution in [1.29, 1.82) is 0 Å². The minimum absolute atomic E-state index is 0.0116. The molecule has 1 fully saturated rings. The van der Waals surface area contributed by atoms with Crippen LogP contribution in [0, 0.1) is 0 Å². The van der Waals surface area contributed by atoms with Gasteiger partial charge in [0.05, 0.1) is 18.8 Å². The van der Waals surface area contributed by atoms with Crippen LogP contribution < -0.4 is 5.73 Å². The molecule has 0 spiro atoms. The first-order valence-electron chi connectivity index (χ1n) is 5.62. The van der Waals surface area contributed by atoms with Gasteiger partial charge in [-0.05, 0) is 13.8 Å². The largest absolute Gasteiger partial charge is 0.375 e. The summed E-state index contributed by atoms with van der Waals surface area (Å²) in [5.74, 6) is 0.193.